The summed E-state index contributed by atoms with van der Waals surface area (Å²) in [5.74, 6) is -0.344. The van der Waals surface area contributed by atoms with Crippen LogP contribution >= 0.6 is 11.3 Å². The van der Waals surface area contributed by atoms with Crippen LogP contribution in [0.3, 0.4) is 0 Å². The summed E-state index contributed by atoms with van der Waals surface area (Å²) >= 11 is 1.07. The smallest absolute Gasteiger partial charge is 0.349 e. The molecule has 1 aliphatic carbocycles. The minimum atomic E-state index is -4.49. The van der Waals surface area contributed by atoms with Crippen molar-refractivity contribution >= 4 is 33.4 Å². The Morgan fingerprint density at radius 1 is 1.23 bits per heavy atom. The van der Waals surface area contributed by atoms with Crippen molar-refractivity contribution in [3.8, 4) is 11.5 Å². The molecule has 5 rings (SSSR count). The summed E-state index contributed by atoms with van der Waals surface area (Å²) in [4.78, 5) is 31.5. The van der Waals surface area contributed by atoms with Crippen LogP contribution in [0.4, 0.5) is 13.2 Å². The van der Waals surface area contributed by atoms with Crippen molar-refractivity contribution in [2.75, 3.05) is 20.1 Å². The van der Waals surface area contributed by atoms with Crippen LogP contribution in [0.1, 0.15) is 41.9 Å². The number of hydrogen-bond donors (Lipinski definition) is 2. The molecule has 2 aliphatic rings. The minimum Gasteiger partial charge on any atom is -0.349 e. The molecule has 2 N–H and O–H groups in total. The van der Waals surface area contributed by atoms with Crippen molar-refractivity contribution in [3.63, 3.8) is 0 Å². The third-order valence-corrected chi connectivity index (χ3v) is 7.34. The van der Waals surface area contributed by atoms with Crippen molar-refractivity contribution in [2.45, 2.75) is 51.0 Å². The topological polar surface area (TPSA) is 105 Å². The van der Waals surface area contributed by atoms with E-state index in [1.807, 2.05) is 7.05 Å². The van der Waals surface area contributed by atoms with Gasteiger partial charge in [-0.05, 0) is 51.9 Å². The Balaban J connectivity index is 1.41. The van der Waals surface area contributed by atoms with Crippen molar-refractivity contribution in [1.82, 2.24) is 30.2 Å². The SMILES string of the molecule is CN1CCC(NC(=O)c2csc3c2cc(-c2noc(CNC(=O)C4CC4)n2)n3CC(F)(F)F)CC1. The number of likely N-dealkylation sites (tertiary alicyclic amines) is 1. The second kappa shape index (κ2) is 9.26. The van der Waals surface area contributed by atoms with Crippen molar-refractivity contribution in [2.24, 2.45) is 5.92 Å². The highest BCUT2D eigenvalue weighted by molar-refractivity contribution is 7.17. The van der Waals surface area contributed by atoms with Crippen LogP contribution in [0.15, 0.2) is 16.0 Å². The zero-order valence-corrected chi connectivity index (χ0v) is 19.8. The van der Waals surface area contributed by atoms with Gasteiger partial charge in [-0.25, -0.2) is 0 Å². The highest BCUT2D eigenvalue weighted by Gasteiger charge is 2.33. The number of amides is 2. The summed E-state index contributed by atoms with van der Waals surface area (Å²) in [6.07, 6.45) is -1.17. The van der Waals surface area contributed by atoms with Gasteiger partial charge in [0, 0.05) is 22.7 Å². The van der Waals surface area contributed by atoms with Crippen LogP contribution < -0.4 is 10.6 Å². The lowest BCUT2D eigenvalue weighted by Gasteiger charge is -2.29. The molecule has 35 heavy (non-hydrogen) atoms. The van der Waals surface area contributed by atoms with E-state index in [-0.39, 0.29) is 47.7 Å². The molecule has 0 spiro atoms. The van der Waals surface area contributed by atoms with Gasteiger partial charge >= 0.3 is 6.18 Å². The average molecular weight is 511 g/mol. The summed E-state index contributed by atoms with van der Waals surface area (Å²) in [6.45, 7) is 0.486. The molecule has 1 saturated heterocycles. The van der Waals surface area contributed by atoms with E-state index in [0.717, 1.165) is 54.7 Å². The molecule has 0 bridgehead atoms. The van der Waals surface area contributed by atoms with Gasteiger partial charge in [-0.15, -0.1) is 11.3 Å². The van der Waals surface area contributed by atoms with Crippen molar-refractivity contribution in [1.29, 1.82) is 0 Å². The quantitative estimate of drug-likeness (QED) is 0.506. The first-order valence-corrected chi connectivity index (χ1v) is 12.3. The summed E-state index contributed by atoms with van der Waals surface area (Å²) in [5, 5.41) is 11.5. The molecular weight excluding hydrogens is 485 g/mol. The first-order valence-electron chi connectivity index (χ1n) is 11.5. The largest absolute Gasteiger partial charge is 0.406 e. The van der Waals surface area contributed by atoms with Crippen LogP contribution in [-0.2, 0) is 17.9 Å². The lowest BCUT2D eigenvalue weighted by molar-refractivity contribution is -0.139. The molecule has 0 aromatic carbocycles. The molecule has 2 fully saturated rings. The lowest BCUT2D eigenvalue weighted by atomic mass is 10.0. The third-order valence-electron chi connectivity index (χ3n) is 6.32. The Labute approximate surface area is 202 Å². The van der Waals surface area contributed by atoms with Crippen LogP contribution in [0.2, 0.25) is 0 Å². The molecule has 0 atom stereocenters. The summed E-state index contributed by atoms with van der Waals surface area (Å²) in [7, 11) is 2.02. The first kappa shape index (κ1) is 23.8. The molecule has 0 unspecified atom stereocenters. The Bertz CT molecular complexity index is 1240. The standard InChI is InChI=1S/C22H25F3N6O3S/c1-30-6-4-13(5-7-30)27-20(33)15-10-35-21-14(15)8-16(31(21)11-22(23,24)25)18-28-17(34-29-18)9-26-19(32)12-2-3-12/h8,10,12-13H,2-7,9,11H2,1H3,(H,26,32)(H,27,33). The fourth-order valence-corrected chi connectivity index (χ4v) is 5.28. The van der Waals surface area contributed by atoms with E-state index in [4.69, 9.17) is 4.52 Å². The van der Waals surface area contributed by atoms with E-state index in [0.29, 0.717) is 15.8 Å². The summed E-state index contributed by atoms with van der Waals surface area (Å²) in [6, 6.07) is 1.52. The maximum Gasteiger partial charge on any atom is 0.406 e. The number of halogens is 3. The second-order valence-electron chi connectivity index (χ2n) is 9.15. The Hall–Kier alpha value is -2.93. The average Bonchev–Trinajstić information content (AvgIpc) is 3.26. The molecule has 9 nitrogen and oxygen atoms in total. The normalized spacial score (nSPS) is 17.7. The van der Waals surface area contributed by atoms with Gasteiger partial charge in [-0.3, -0.25) is 9.59 Å². The predicted octanol–water partition coefficient (Wildman–Crippen LogP) is 3.17. The van der Waals surface area contributed by atoms with Crippen LogP contribution in [0, 0.1) is 5.92 Å². The van der Waals surface area contributed by atoms with Crippen LogP contribution in [0.25, 0.3) is 21.7 Å². The number of rotatable bonds is 7. The number of carbonyl (C=O) groups excluding carboxylic acids is 2. The second-order valence-corrected chi connectivity index (χ2v) is 10.0. The van der Waals surface area contributed by atoms with Crippen molar-refractivity contribution in [3.05, 3.63) is 22.9 Å². The number of nitrogens with one attached hydrogen (secondary N) is 2. The number of fused-ring (bicyclic) bond motifs is 1. The Morgan fingerprint density at radius 3 is 2.66 bits per heavy atom. The molecule has 1 saturated carbocycles. The number of thiophene rings is 1. The van der Waals surface area contributed by atoms with E-state index in [1.165, 1.54) is 6.07 Å². The number of piperidine rings is 1. The monoisotopic (exact) mass is 510 g/mol. The molecule has 3 aromatic rings. The van der Waals surface area contributed by atoms with Crippen molar-refractivity contribution < 1.29 is 27.3 Å². The van der Waals surface area contributed by atoms with Gasteiger partial charge in [0.25, 0.3) is 5.91 Å². The first-order chi connectivity index (χ1) is 16.7. The zero-order valence-electron chi connectivity index (χ0n) is 19.0. The fourth-order valence-electron chi connectivity index (χ4n) is 4.23. The maximum atomic E-state index is 13.4. The molecule has 2 amide bonds. The molecule has 3 aromatic heterocycles. The zero-order chi connectivity index (χ0) is 24.7. The van der Waals surface area contributed by atoms with Gasteiger partial charge in [0.15, 0.2) is 0 Å². The van der Waals surface area contributed by atoms with Gasteiger partial charge in [-0.1, -0.05) is 5.16 Å². The van der Waals surface area contributed by atoms with E-state index in [1.54, 1.807) is 5.38 Å². The van der Waals surface area contributed by atoms with Gasteiger partial charge in [-0.2, -0.15) is 18.2 Å². The molecule has 1 aliphatic heterocycles. The summed E-state index contributed by atoms with van der Waals surface area (Å²) in [5.41, 5.74) is 0.424. The molecular formula is C22H25F3N6O3S. The van der Waals surface area contributed by atoms with E-state index < -0.39 is 12.7 Å². The number of hydrogen-bond acceptors (Lipinski definition) is 7. The van der Waals surface area contributed by atoms with E-state index in [2.05, 4.69) is 25.7 Å². The Morgan fingerprint density at radius 2 is 1.97 bits per heavy atom. The van der Waals surface area contributed by atoms with E-state index in [9.17, 15) is 22.8 Å². The maximum absolute atomic E-state index is 13.4. The molecule has 13 heteroatoms. The van der Waals surface area contributed by atoms with Gasteiger partial charge < -0.3 is 24.6 Å². The van der Waals surface area contributed by atoms with Crippen LogP contribution in [0.5, 0.6) is 0 Å². The fraction of sp³-hybridized carbons (Fsp3) is 0.545. The molecule has 188 valence electrons. The Kier molecular flexibility index (Phi) is 6.30. The number of alkyl halides is 3. The third kappa shape index (κ3) is 5.35. The number of aromatic nitrogens is 3. The molecule has 0 radical (unpaired) electrons. The predicted molar refractivity (Wildman–Crippen MR) is 122 cm³/mol. The van der Waals surface area contributed by atoms with Gasteiger partial charge in [0.05, 0.1) is 17.8 Å². The number of nitrogens with zero attached hydrogens (tertiary/aromatic N) is 4. The van der Waals surface area contributed by atoms with Gasteiger partial charge in [0.2, 0.25) is 17.6 Å². The summed E-state index contributed by atoms with van der Waals surface area (Å²) < 4.78 is 46.5. The van der Waals surface area contributed by atoms with E-state index >= 15 is 0 Å². The number of carbonyl (C=O) groups is 2. The molecule has 4 heterocycles. The highest BCUT2D eigenvalue weighted by atomic mass is 32.1. The minimum absolute atomic E-state index is 0.000905. The van der Waals surface area contributed by atoms with Crippen LogP contribution in [-0.4, -0.2) is 63.8 Å². The lowest BCUT2D eigenvalue weighted by Crippen LogP contribution is -2.43. The highest BCUT2D eigenvalue weighted by Crippen LogP contribution is 2.36. The van der Waals surface area contributed by atoms with Gasteiger partial charge in [0.1, 0.15) is 11.4 Å².